The van der Waals surface area contributed by atoms with Gasteiger partial charge in [-0.3, -0.25) is 0 Å². The topological polar surface area (TPSA) is 21.3 Å². The Morgan fingerprint density at radius 3 is 2.42 bits per heavy atom. The van der Waals surface area contributed by atoms with Crippen LogP contribution in [0.4, 0.5) is 0 Å². The Hall–Kier alpha value is -0.0800. The fourth-order valence-electron chi connectivity index (χ4n) is 3.01. The third kappa shape index (κ3) is 5.83. The van der Waals surface area contributed by atoms with Gasteiger partial charge in [0.25, 0.3) is 0 Å². The quantitative estimate of drug-likeness (QED) is 0.740. The molecule has 0 bridgehead atoms. The zero-order chi connectivity index (χ0) is 14.3. The van der Waals surface area contributed by atoms with Gasteiger partial charge in [-0.15, -0.1) is 0 Å². The van der Waals surface area contributed by atoms with Gasteiger partial charge in [-0.1, -0.05) is 53.9 Å². The zero-order valence-corrected chi connectivity index (χ0v) is 13.8. The van der Waals surface area contributed by atoms with E-state index in [1.54, 1.807) is 0 Å². The molecule has 0 aromatic heterocycles. The van der Waals surface area contributed by atoms with Crippen molar-refractivity contribution in [1.29, 1.82) is 0 Å². The largest absolute Gasteiger partial charge is 0.376 e. The molecule has 0 spiro atoms. The second kappa shape index (κ2) is 8.26. The molecule has 3 atom stereocenters. The molecule has 0 saturated heterocycles. The van der Waals surface area contributed by atoms with E-state index < -0.39 is 0 Å². The maximum atomic E-state index is 6.31. The van der Waals surface area contributed by atoms with Crippen molar-refractivity contribution in [2.24, 2.45) is 11.3 Å². The van der Waals surface area contributed by atoms with Crippen LogP contribution in [0.1, 0.15) is 73.1 Å². The van der Waals surface area contributed by atoms with Crippen LogP contribution in [-0.2, 0) is 4.74 Å². The van der Waals surface area contributed by atoms with Crippen molar-refractivity contribution in [2.75, 3.05) is 13.2 Å². The third-order valence-corrected chi connectivity index (χ3v) is 4.53. The highest BCUT2D eigenvalue weighted by Crippen LogP contribution is 2.30. The lowest BCUT2D eigenvalue weighted by molar-refractivity contribution is -0.0338. The second-order valence-corrected chi connectivity index (χ2v) is 7.20. The van der Waals surface area contributed by atoms with Gasteiger partial charge in [-0.05, 0) is 37.1 Å². The van der Waals surface area contributed by atoms with Crippen LogP contribution in [0.25, 0.3) is 0 Å². The van der Waals surface area contributed by atoms with Gasteiger partial charge in [-0.25, -0.2) is 0 Å². The lowest BCUT2D eigenvalue weighted by atomic mass is 9.84. The maximum absolute atomic E-state index is 6.31. The molecule has 0 aliphatic heterocycles. The lowest BCUT2D eigenvalue weighted by Gasteiger charge is -2.36. The van der Waals surface area contributed by atoms with Crippen molar-refractivity contribution in [3.8, 4) is 0 Å². The predicted octanol–water partition coefficient (Wildman–Crippen LogP) is 4.39. The van der Waals surface area contributed by atoms with Gasteiger partial charge >= 0.3 is 0 Å². The van der Waals surface area contributed by atoms with Crippen LogP contribution in [0.3, 0.4) is 0 Å². The minimum Gasteiger partial charge on any atom is -0.376 e. The minimum atomic E-state index is 0.269. The van der Waals surface area contributed by atoms with Crippen LogP contribution in [0, 0.1) is 11.3 Å². The SMILES string of the molecule is CCCNC(COC1CCCCC1CC)C(C)(C)C. The molecule has 2 heteroatoms. The Morgan fingerprint density at radius 2 is 1.84 bits per heavy atom. The van der Waals surface area contributed by atoms with Gasteiger partial charge in [0.1, 0.15) is 0 Å². The molecule has 1 rings (SSSR count). The third-order valence-electron chi connectivity index (χ3n) is 4.53. The fraction of sp³-hybridized carbons (Fsp3) is 1.00. The summed E-state index contributed by atoms with van der Waals surface area (Å²) in [6, 6.07) is 0.465. The first-order valence-electron chi connectivity index (χ1n) is 8.34. The van der Waals surface area contributed by atoms with Crippen molar-refractivity contribution >= 4 is 0 Å². The molecule has 19 heavy (non-hydrogen) atoms. The first kappa shape index (κ1) is 17.0. The molecule has 1 aliphatic rings. The molecule has 2 nitrogen and oxygen atoms in total. The van der Waals surface area contributed by atoms with E-state index in [-0.39, 0.29) is 5.41 Å². The van der Waals surface area contributed by atoms with Gasteiger partial charge in [0.05, 0.1) is 12.7 Å². The van der Waals surface area contributed by atoms with Crippen LogP contribution < -0.4 is 5.32 Å². The van der Waals surface area contributed by atoms with Crippen molar-refractivity contribution in [3.05, 3.63) is 0 Å². The van der Waals surface area contributed by atoms with Crippen molar-refractivity contribution in [3.63, 3.8) is 0 Å². The Kier molecular flexibility index (Phi) is 7.38. The molecule has 114 valence electrons. The normalized spacial score (nSPS) is 26.4. The Bertz CT molecular complexity index is 234. The Balaban J connectivity index is 2.45. The zero-order valence-electron chi connectivity index (χ0n) is 13.8. The predicted molar refractivity (Wildman–Crippen MR) is 83.5 cm³/mol. The summed E-state index contributed by atoms with van der Waals surface area (Å²) in [5.74, 6) is 0.792. The molecule has 0 amide bonds. The van der Waals surface area contributed by atoms with Crippen LogP contribution in [-0.4, -0.2) is 25.3 Å². The fourth-order valence-corrected chi connectivity index (χ4v) is 3.01. The molecule has 0 radical (unpaired) electrons. The highest BCUT2D eigenvalue weighted by molar-refractivity contribution is 4.82. The summed E-state index contributed by atoms with van der Waals surface area (Å²) < 4.78 is 6.31. The van der Waals surface area contributed by atoms with Gasteiger partial charge in [0.2, 0.25) is 0 Å². The van der Waals surface area contributed by atoms with E-state index in [2.05, 4.69) is 39.9 Å². The van der Waals surface area contributed by atoms with E-state index >= 15 is 0 Å². The average molecular weight is 269 g/mol. The number of hydrogen-bond donors (Lipinski definition) is 1. The average Bonchev–Trinajstić information content (AvgIpc) is 2.37. The summed E-state index contributed by atoms with van der Waals surface area (Å²) >= 11 is 0. The summed E-state index contributed by atoms with van der Waals surface area (Å²) in [6.45, 7) is 13.4. The maximum Gasteiger partial charge on any atom is 0.0628 e. The van der Waals surface area contributed by atoms with Gasteiger partial charge < -0.3 is 10.1 Å². The van der Waals surface area contributed by atoms with Crippen LogP contribution in [0.5, 0.6) is 0 Å². The van der Waals surface area contributed by atoms with E-state index in [1.807, 2.05) is 0 Å². The highest BCUT2D eigenvalue weighted by Gasteiger charge is 2.28. The van der Waals surface area contributed by atoms with Crippen molar-refractivity contribution in [2.45, 2.75) is 85.3 Å². The van der Waals surface area contributed by atoms with Gasteiger partial charge in [-0.2, -0.15) is 0 Å². The second-order valence-electron chi connectivity index (χ2n) is 7.20. The first-order valence-corrected chi connectivity index (χ1v) is 8.34. The standard InChI is InChI=1S/C17H35NO/c1-6-12-18-16(17(3,4)5)13-19-15-11-9-8-10-14(15)7-2/h14-16,18H,6-13H2,1-5H3. The van der Waals surface area contributed by atoms with Gasteiger partial charge in [0, 0.05) is 6.04 Å². The lowest BCUT2D eigenvalue weighted by Crippen LogP contribution is -2.45. The Labute approximate surface area is 120 Å². The van der Waals surface area contributed by atoms with E-state index in [0.717, 1.165) is 19.1 Å². The Morgan fingerprint density at radius 1 is 1.16 bits per heavy atom. The van der Waals surface area contributed by atoms with E-state index in [9.17, 15) is 0 Å². The van der Waals surface area contributed by atoms with E-state index in [1.165, 1.54) is 38.5 Å². The molecule has 0 aromatic carbocycles. The molecular formula is C17H35NO. The van der Waals surface area contributed by atoms with Crippen LogP contribution in [0.2, 0.25) is 0 Å². The van der Waals surface area contributed by atoms with Crippen molar-refractivity contribution < 1.29 is 4.74 Å². The monoisotopic (exact) mass is 269 g/mol. The molecule has 1 N–H and O–H groups in total. The number of nitrogens with one attached hydrogen (secondary N) is 1. The number of ether oxygens (including phenoxy) is 1. The number of rotatable bonds is 7. The summed E-state index contributed by atoms with van der Waals surface area (Å²) in [7, 11) is 0. The molecular weight excluding hydrogens is 234 g/mol. The molecule has 1 fully saturated rings. The molecule has 3 unspecified atom stereocenters. The van der Waals surface area contributed by atoms with Crippen LogP contribution >= 0.6 is 0 Å². The highest BCUT2D eigenvalue weighted by atomic mass is 16.5. The summed E-state index contributed by atoms with van der Waals surface area (Å²) in [5.41, 5.74) is 0.269. The smallest absolute Gasteiger partial charge is 0.0628 e. The van der Waals surface area contributed by atoms with Crippen molar-refractivity contribution in [1.82, 2.24) is 5.32 Å². The summed E-state index contributed by atoms with van der Waals surface area (Å²) in [5, 5.41) is 3.66. The van der Waals surface area contributed by atoms with Gasteiger partial charge in [0.15, 0.2) is 0 Å². The first-order chi connectivity index (χ1) is 8.99. The molecule has 0 heterocycles. The summed E-state index contributed by atoms with van der Waals surface area (Å²) in [4.78, 5) is 0. The van der Waals surface area contributed by atoms with Crippen LogP contribution in [0.15, 0.2) is 0 Å². The summed E-state index contributed by atoms with van der Waals surface area (Å²) in [6.07, 6.45) is 8.35. The minimum absolute atomic E-state index is 0.269. The van der Waals surface area contributed by atoms with E-state index in [4.69, 9.17) is 4.74 Å². The molecule has 1 saturated carbocycles. The number of hydrogen-bond acceptors (Lipinski definition) is 2. The molecule has 0 aromatic rings. The van der Waals surface area contributed by atoms with E-state index in [0.29, 0.717) is 12.1 Å². The molecule has 1 aliphatic carbocycles.